The van der Waals surface area contributed by atoms with E-state index in [0.29, 0.717) is 26.1 Å². The zero-order chi connectivity index (χ0) is 16.6. The SMILES string of the molecule is CCN(CCCN=C(N)Nc1cccc(OC)c1)S(C)(=O)=O. The molecule has 1 aromatic rings. The van der Waals surface area contributed by atoms with Crippen LogP contribution in [0.5, 0.6) is 5.75 Å². The summed E-state index contributed by atoms with van der Waals surface area (Å²) in [5, 5.41) is 2.96. The lowest BCUT2D eigenvalue weighted by Gasteiger charge is -2.16. The van der Waals surface area contributed by atoms with Gasteiger partial charge in [-0.3, -0.25) is 4.99 Å². The first-order chi connectivity index (χ1) is 10.4. The van der Waals surface area contributed by atoms with E-state index in [2.05, 4.69) is 10.3 Å². The molecular weight excluding hydrogens is 304 g/mol. The summed E-state index contributed by atoms with van der Waals surface area (Å²) in [5.41, 5.74) is 6.58. The molecule has 0 aliphatic carbocycles. The minimum Gasteiger partial charge on any atom is -0.497 e. The standard InChI is InChI=1S/C14H24N4O3S/c1-4-18(22(3,19)20)10-6-9-16-14(15)17-12-7-5-8-13(11-12)21-2/h5,7-8,11H,4,6,9-10H2,1-3H3,(H3,15,16,17). The molecule has 0 fully saturated rings. The number of nitrogens with one attached hydrogen (secondary N) is 1. The normalized spacial score (nSPS) is 12.5. The van der Waals surface area contributed by atoms with Gasteiger partial charge in [0, 0.05) is 31.4 Å². The van der Waals surface area contributed by atoms with Crippen LogP contribution >= 0.6 is 0 Å². The summed E-state index contributed by atoms with van der Waals surface area (Å²) < 4.78 is 29.4. The lowest BCUT2D eigenvalue weighted by atomic mass is 10.3. The third kappa shape index (κ3) is 6.31. The fourth-order valence-electron chi connectivity index (χ4n) is 1.89. The number of nitrogens with two attached hydrogens (primary N) is 1. The first-order valence-electron chi connectivity index (χ1n) is 7.03. The fourth-order valence-corrected chi connectivity index (χ4v) is 2.82. The van der Waals surface area contributed by atoms with Gasteiger partial charge in [0.25, 0.3) is 0 Å². The Labute approximate surface area is 132 Å². The van der Waals surface area contributed by atoms with Gasteiger partial charge in [-0.05, 0) is 18.6 Å². The van der Waals surface area contributed by atoms with Crippen LogP contribution in [0.2, 0.25) is 0 Å². The first kappa shape index (κ1) is 18.2. The van der Waals surface area contributed by atoms with Gasteiger partial charge >= 0.3 is 0 Å². The van der Waals surface area contributed by atoms with E-state index in [1.807, 2.05) is 31.2 Å². The molecule has 0 atom stereocenters. The maximum absolute atomic E-state index is 11.4. The Morgan fingerprint density at radius 1 is 1.45 bits per heavy atom. The molecule has 0 unspecified atom stereocenters. The molecule has 1 aromatic carbocycles. The van der Waals surface area contributed by atoms with Crippen LogP contribution in [0.4, 0.5) is 5.69 Å². The smallest absolute Gasteiger partial charge is 0.211 e. The van der Waals surface area contributed by atoms with E-state index in [1.54, 1.807) is 7.11 Å². The quantitative estimate of drug-likeness (QED) is 0.423. The number of anilines is 1. The third-order valence-corrected chi connectivity index (χ3v) is 4.39. The highest BCUT2D eigenvalue weighted by Gasteiger charge is 2.12. The molecule has 0 spiro atoms. The number of guanidine groups is 1. The summed E-state index contributed by atoms with van der Waals surface area (Å²) in [6.45, 7) is 3.16. The van der Waals surface area contributed by atoms with Crippen LogP contribution in [0.3, 0.4) is 0 Å². The molecule has 0 aliphatic rings. The molecule has 3 N–H and O–H groups in total. The van der Waals surface area contributed by atoms with Crippen molar-refractivity contribution in [2.45, 2.75) is 13.3 Å². The second-order valence-electron chi connectivity index (χ2n) is 4.73. The van der Waals surface area contributed by atoms with Crippen LogP contribution in [0.1, 0.15) is 13.3 Å². The average Bonchev–Trinajstić information content (AvgIpc) is 2.46. The summed E-state index contributed by atoms with van der Waals surface area (Å²) in [7, 11) is -1.55. The predicted octanol–water partition coefficient (Wildman–Crippen LogP) is 1.09. The number of hydrogen-bond acceptors (Lipinski definition) is 4. The van der Waals surface area contributed by atoms with Crippen LogP contribution < -0.4 is 15.8 Å². The number of benzene rings is 1. The molecule has 0 aromatic heterocycles. The maximum Gasteiger partial charge on any atom is 0.211 e. The van der Waals surface area contributed by atoms with Crippen molar-refractivity contribution in [1.82, 2.24) is 4.31 Å². The number of rotatable bonds is 8. The molecule has 0 radical (unpaired) electrons. The van der Waals surface area contributed by atoms with Gasteiger partial charge in [0.1, 0.15) is 5.75 Å². The van der Waals surface area contributed by atoms with E-state index in [0.717, 1.165) is 11.4 Å². The van der Waals surface area contributed by atoms with Crippen molar-refractivity contribution >= 4 is 21.7 Å². The highest BCUT2D eigenvalue weighted by Crippen LogP contribution is 2.16. The summed E-state index contributed by atoms with van der Waals surface area (Å²) in [6.07, 6.45) is 1.82. The van der Waals surface area contributed by atoms with Crippen molar-refractivity contribution in [3.8, 4) is 5.75 Å². The van der Waals surface area contributed by atoms with Gasteiger partial charge in [-0.25, -0.2) is 12.7 Å². The summed E-state index contributed by atoms with van der Waals surface area (Å²) in [6, 6.07) is 7.35. The Bertz CT molecular complexity index is 602. The molecule has 0 amide bonds. The van der Waals surface area contributed by atoms with Crippen molar-refractivity contribution in [2.75, 3.05) is 38.3 Å². The van der Waals surface area contributed by atoms with Crippen molar-refractivity contribution < 1.29 is 13.2 Å². The zero-order valence-electron chi connectivity index (χ0n) is 13.2. The van der Waals surface area contributed by atoms with Gasteiger partial charge in [-0.1, -0.05) is 13.0 Å². The number of hydrogen-bond donors (Lipinski definition) is 2. The molecule has 0 aliphatic heterocycles. The lowest BCUT2D eigenvalue weighted by Crippen LogP contribution is -2.31. The lowest BCUT2D eigenvalue weighted by molar-refractivity contribution is 0.415. The largest absolute Gasteiger partial charge is 0.497 e. The molecule has 0 saturated carbocycles. The Hall–Kier alpha value is -1.80. The Kier molecular flexibility index (Phi) is 7.13. The molecule has 0 bridgehead atoms. The summed E-state index contributed by atoms with van der Waals surface area (Å²) in [4.78, 5) is 4.18. The van der Waals surface area contributed by atoms with Crippen LogP contribution in [-0.2, 0) is 10.0 Å². The molecular formula is C14H24N4O3S. The van der Waals surface area contributed by atoms with Gasteiger partial charge in [0.2, 0.25) is 10.0 Å². The predicted molar refractivity (Wildman–Crippen MR) is 89.8 cm³/mol. The monoisotopic (exact) mass is 328 g/mol. The molecule has 8 heteroatoms. The van der Waals surface area contributed by atoms with E-state index in [1.165, 1.54) is 10.6 Å². The van der Waals surface area contributed by atoms with Gasteiger partial charge < -0.3 is 15.8 Å². The van der Waals surface area contributed by atoms with E-state index in [4.69, 9.17) is 10.5 Å². The minimum atomic E-state index is -3.15. The number of methoxy groups -OCH3 is 1. The van der Waals surface area contributed by atoms with Crippen molar-refractivity contribution in [3.63, 3.8) is 0 Å². The number of nitrogens with zero attached hydrogens (tertiary/aromatic N) is 2. The number of ether oxygens (including phenoxy) is 1. The van der Waals surface area contributed by atoms with Crippen molar-refractivity contribution in [3.05, 3.63) is 24.3 Å². The van der Waals surface area contributed by atoms with Crippen molar-refractivity contribution in [2.24, 2.45) is 10.7 Å². The van der Waals surface area contributed by atoms with Crippen LogP contribution in [-0.4, -0.2) is 51.7 Å². The molecule has 7 nitrogen and oxygen atoms in total. The van der Waals surface area contributed by atoms with Gasteiger partial charge in [-0.15, -0.1) is 0 Å². The zero-order valence-corrected chi connectivity index (χ0v) is 14.1. The van der Waals surface area contributed by atoms with Crippen LogP contribution in [0, 0.1) is 0 Å². The van der Waals surface area contributed by atoms with Gasteiger partial charge in [0.15, 0.2) is 5.96 Å². The van der Waals surface area contributed by atoms with Crippen LogP contribution in [0.25, 0.3) is 0 Å². The molecule has 22 heavy (non-hydrogen) atoms. The summed E-state index contributed by atoms with van der Waals surface area (Å²) >= 11 is 0. The first-order valence-corrected chi connectivity index (χ1v) is 8.87. The third-order valence-electron chi connectivity index (χ3n) is 3.01. The topological polar surface area (TPSA) is 97.0 Å². The summed E-state index contributed by atoms with van der Waals surface area (Å²) in [5.74, 6) is 1.01. The molecule has 0 heterocycles. The van der Waals surface area contributed by atoms with Crippen LogP contribution in [0.15, 0.2) is 29.3 Å². The second kappa shape index (κ2) is 8.60. The van der Waals surface area contributed by atoms with E-state index >= 15 is 0 Å². The highest BCUT2D eigenvalue weighted by molar-refractivity contribution is 7.88. The number of aliphatic imine (C=N–C) groups is 1. The average molecular weight is 328 g/mol. The highest BCUT2D eigenvalue weighted by atomic mass is 32.2. The van der Waals surface area contributed by atoms with Gasteiger partial charge in [-0.2, -0.15) is 0 Å². The number of sulfonamides is 1. The molecule has 0 saturated heterocycles. The maximum atomic E-state index is 11.4. The van der Waals surface area contributed by atoms with Crippen molar-refractivity contribution in [1.29, 1.82) is 0 Å². The fraction of sp³-hybridized carbons (Fsp3) is 0.500. The van der Waals surface area contributed by atoms with E-state index < -0.39 is 10.0 Å². The second-order valence-corrected chi connectivity index (χ2v) is 6.71. The van der Waals surface area contributed by atoms with E-state index in [9.17, 15) is 8.42 Å². The minimum absolute atomic E-state index is 0.288. The Morgan fingerprint density at radius 3 is 2.77 bits per heavy atom. The van der Waals surface area contributed by atoms with E-state index in [-0.39, 0.29) is 5.96 Å². The molecule has 124 valence electrons. The Balaban J connectivity index is 2.46. The Morgan fingerprint density at radius 2 is 2.18 bits per heavy atom. The van der Waals surface area contributed by atoms with Gasteiger partial charge in [0.05, 0.1) is 13.4 Å². The molecule has 1 rings (SSSR count).